The number of carbonyl (C=O) groups is 1. The fourth-order valence-electron chi connectivity index (χ4n) is 2.46. The Labute approximate surface area is 140 Å². The highest BCUT2D eigenvalue weighted by Crippen LogP contribution is 2.15. The molecule has 0 aliphatic heterocycles. The highest BCUT2D eigenvalue weighted by atomic mass is 16.1. The SMILES string of the molecule is Cc1cccc(CC(=O)N[C@@H](C)c2nc(-c3cccnc3)n[nH]2)c1. The molecule has 1 atom stereocenters. The summed E-state index contributed by atoms with van der Waals surface area (Å²) in [7, 11) is 0. The Kier molecular flexibility index (Phi) is 4.65. The van der Waals surface area contributed by atoms with Gasteiger partial charge >= 0.3 is 0 Å². The second-order valence-corrected chi connectivity index (χ2v) is 5.74. The fraction of sp³-hybridized carbons (Fsp3) is 0.222. The molecule has 6 heteroatoms. The molecule has 2 N–H and O–H groups in total. The molecule has 0 fully saturated rings. The van der Waals surface area contributed by atoms with Gasteiger partial charge in [0.15, 0.2) is 5.82 Å². The van der Waals surface area contributed by atoms with Crippen LogP contribution in [0.5, 0.6) is 0 Å². The summed E-state index contributed by atoms with van der Waals surface area (Å²) >= 11 is 0. The number of nitrogens with one attached hydrogen (secondary N) is 2. The van der Waals surface area contributed by atoms with Gasteiger partial charge < -0.3 is 5.32 Å². The van der Waals surface area contributed by atoms with E-state index >= 15 is 0 Å². The van der Waals surface area contributed by atoms with Gasteiger partial charge in [-0.2, -0.15) is 5.10 Å². The molecule has 0 saturated carbocycles. The lowest BCUT2D eigenvalue weighted by Gasteiger charge is -2.11. The predicted octanol–water partition coefficient (Wildman–Crippen LogP) is 2.60. The molecule has 0 bridgehead atoms. The third-order valence-electron chi connectivity index (χ3n) is 3.66. The van der Waals surface area contributed by atoms with E-state index in [1.54, 1.807) is 12.4 Å². The zero-order chi connectivity index (χ0) is 16.9. The number of amides is 1. The minimum absolute atomic E-state index is 0.0487. The number of H-pyrrole nitrogens is 1. The molecule has 0 radical (unpaired) electrons. The van der Waals surface area contributed by atoms with E-state index in [9.17, 15) is 4.79 Å². The number of nitrogens with zero attached hydrogens (tertiary/aromatic N) is 3. The molecule has 24 heavy (non-hydrogen) atoms. The molecule has 0 aliphatic carbocycles. The summed E-state index contributed by atoms with van der Waals surface area (Å²) < 4.78 is 0. The van der Waals surface area contributed by atoms with Crippen molar-refractivity contribution >= 4 is 5.91 Å². The highest BCUT2D eigenvalue weighted by molar-refractivity contribution is 5.78. The second kappa shape index (κ2) is 7.04. The molecule has 6 nitrogen and oxygen atoms in total. The molecular weight excluding hydrogens is 302 g/mol. The molecule has 0 spiro atoms. The summed E-state index contributed by atoms with van der Waals surface area (Å²) in [5.74, 6) is 1.14. The van der Waals surface area contributed by atoms with Gasteiger partial charge in [-0.15, -0.1) is 0 Å². The number of rotatable bonds is 5. The van der Waals surface area contributed by atoms with Gasteiger partial charge in [0.1, 0.15) is 5.82 Å². The molecule has 2 heterocycles. The second-order valence-electron chi connectivity index (χ2n) is 5.74. The molecule has 122 valence electrons. The lowest BCUT2D eigenvalue weighted by molar-refractivity contribution is -0.121. The van der Waals surface area contributed by atoms with Crippen molar-refractivity contribution in [2.24, 2.45) is 0 Å². The number of hydrogen-bond donors (Lipinski definition) is 2. The first-order chi connectivity index (χ1) is 11.6. The Bertz CT molecular complexity index is 828. The van der Waals surface area contributed by atoms with Gasteiger partial charge in [-0.3, -0.25) is 14.9 Å². The molecule has 0 aliphatic rings. The van der Waals surface area contributed by atoms with E-state index < -0.39 is 0 Å². The average molecular weight is 321 g/mol. The summed E-state index contributed by atoms with van der Waals surface area (Å²) in [6, 6.07) is 11.4. The molecule has 3 aromatic rings. The maximum atomic E-state index is 12.2. The normalized spacial score (nSPS) is 11.9. The van der Waals surface area contributed by atoms with E-state index in [0.29, 0.717) is 18.1 Å². The van der Waals surface area contributed by atoms with Crippen molar-refractivity contribution in [3.05, 3.63) is 65.7 Å². The third kappa shape index (κ3) is 3.84. The van der Waals surface area contributed by atoms with Gasteiger partial charge in [0, 0.05) is 18.0 Å². The molecule has 1 aromatic carbocycles. The summed E-state index contributed by atoms with van der Waals surface area (Å²) in [4.78, 5) is 20.7. The van der Waals surface area contributed by atoms with E-state index in [1.807, 2.05) is 50.2 Å². The third-order valence-corrected chi connectivity index (χ3v) is 3.66. The number of benzene rings is 1. The Morgan fingerprint density at radius 2 is 2.17 bits per heavy atom. The lowest BCUT2D eigenvalue weighted by atomic mass is 10.1. The first-order valence-electron chi connectivity index (χ1n) is 7.79. The Morgan fingerprint density at radius 3 is 2.92 bits per heavy atom. The first kappa shape index (κ1) is 15.9. The maximum absolute atomic E-state index is 12.2. The monoisotopic (exact) mass is 321 g/mol. The number of carbonyl (C=O) groups excluding carboxylic acids is 1. The summed E-state index contributed by atoms with van der Waals surface area (Å²) in [5.41, 5.74) is 2.97. The Balaban J connectivity index is 1.63. The molecular formula is C18H19N5O. The summed E-state index contributed by atoms with van der Waals surface area (Å²) in [6.45, 7) is 3.89. The number of aryl methyl sites for hydroxylation is 1. The molecule has 0 saturated heterocycles. The van der Waals surface area contributed by atoms with Crippen LogP contribution in [0.2, 0.25) is 0 Å². The predicted molar refractivity (Wildman–Crippen MR) is 91.1 cm³/mol. The Hall–Kier alpha value is -3.02. The van der Waals surface area contributed by atoms with E-state index in [1.165, 1.54) is 0 Å². The van der Waals surface area contributed by atoms with Crippen LogP contribution in [0.25, 0.3) is 11.4 Å². The zero-order valence-electron chi connectivity index (χ0n) is 13.7. The number of aromatic nitrogens is 4. The van der Waals surface area contributed by atoms with Crippen LogP contribution in [0, 0.1) is 6.92 Å². The van der Waals surface area contributed by atoms with Crippen LogP contribution in [-0.2, 0) is 11.2 Å². The van der Waals surface area contributed by atoms with Gasteiger partial charge in [-0.05, 0) is 31.5 Å². The van der Waals surface area contributed by atoms with E-state index in [0.717, 1.165) is 16.7 Å². The van der Waals surface area contributed by atoms with Crippen LogP contribution in [0.15, 0.2) is 48.8 Å². The van der Waals surface area contributed by atoms with E-state index in [4.69, 9.17) is 0 Å². The van der Waals surface area contributed by atoms with Crippen LogP contribution >= 0.6 is 0 Å². The minimum atomic E-state index is -0.250. The quantitative estimate of drug-likeness (QED) is 0.756. The van der Waals surface area contributed by atoms with Crippen molar-refractivity contribution in [1.82, 2.24) is 25.5 Å². The maximum Gasteiger partial charge on any atom is 0.224 e. The molecule has 0 unspecified atom stereocenters. The van der Waals surface area contributed by atoms with Crippen LogP contribution in [0.3, 0.4) is 0 Å². The number of pyridine rings is 1. The van der Waals surface area contributed by atoms with Gasteiger partial charge in [-0.1, -0.05) is 29.8 Å². The van der Waals surface area contributed by atoms with Crippen molar-refractivity contribution in [2.45, 2.75) is 26.3 Å². The van der Waals surface area contributed by atoms with Crippen LogP contribution in [-0.4, -0.2) is 26.1 Å². The molecule has 2 aromatic heterocycles. The average Bonchev–Trinajstić information content (AvgIpc) is 3.05. The van der Waals surface area contributed by atoms with Crippen molar-refractivity contribution in [1.29, 1.82) is 0 Å². The van der Waals surface area contributed by atoms with Crippen molar-refractivity contribution in [2.75, 3.05) is 0 Å². The van der Waals surface area contributed by atoms with Gasteiger partial charge in [0.25, 0.3) is 0 Å². The largest absolute Gasteiger partial charge is 0.346 e. The molecule has 3 rings (SSSR count). The van der Waals surface area contributed by atoms with Crippen molar-refractivity contribution in [3.63, 3.8) is 0 Å². The fourth-order valence-corrected chi connectivity index (χ4v) is 2.46. The van der Waals surface area contributed by atoms with Crippen LogP contribution in [0.4, 0.5) is 0 Å². The minimum Gasteiger partial charge on any atom is -0.346 e. The van der Waals surface area contributed by atoms with Gasteiger partial charge in [0.2, 0.25) is 5.91 Å². The Morgan fingerprint density at radius 1 is 1.29 bits per heavy atom. The standard InChI is InChI=1S/C18H19N5O/c1-12-5-3-6-14(9-12)10-16(24)20-13(2)17-21-18(23-22-17)15-7-4-8-19-11-15/h3-9,11,13H,10H2,1-2H3,(H,20,24)(H,21,22,23)/t13-/m0/s1. The van der Waals surface area contributed by atoms with Crippen LogP contribution < -0.4 is 5.32 Å². The zero-order valence-corrected chi connectivity index (χ0v) is 13.7. The molecule has 1 amide bonds. The van der Waals surface area contributed by atoms with E-state index in [2.05, 4.69) is 25.5 Å². The number of hydrogen-bond acceptors (Lipinski definition) is 4. The topological polar surface area (TPSA) is 83.6 Å². The van der Waals surface area contributed by atoms with Gasteiger partial charge in [0.05, 0.1) is 12.5 Å². The lowest BCUT2D eigenvalue weighted by Crippen LogP contribution is -2.28. The van der Waals surface area contributed by atoms with Gasteiger partial charge in [-0.25, -0.2) is 4.98 Å². The summed E-state index contributed by atoms with van der Waals surface area (Å²) in [6.07, 6.45) is 3.74. The highest BCUT2D eigenvalue weighted by Gasteiger charge is 2.15. The van der Waals surface area contributed by atoms with E-state index in [-0.39, 0.29) is 11.9 Å². The summed E-state index contributed by atoms with van der Waals surface area (Å²) in [5, 5.41) is 10.0. The number of aromatic amines is 1. The van der Waals surface area contributed by atoms with Crippen molar-refractivity contribution < 1.29 is 4.79 Å². The first-order valence-corrected chi connectivity index (χ1v) is 7.79. The van der Waals surface area contributed by atoms with Crippen LogP contribution in [0.1, 0.15) is 29.9 Å². The van der Waals surface area contributed by atoms with Crippen molar-refractivity contribution in [3.8, 4) is 11.4 Å². The smallest absolute Gasteiger partial charge is 0.224 e.